The van der Waals surface area contributed by atoms with Crippen molar-refractivity contribution in [3.8, 4) is 73.6 Å². The number of rotatable bonds is 7. The number of para-hydroxylation sites is 4. The van der Waals surface area contributed by atoms with Crippen molar-refractivity contribution in [3.05, 3.63) is 279 Å². The van der Waals surface area contributed by atoms with E-state index in [9.17, 15) is 0 Å². The van der Waals surface area contributed by atoms with Gasteiger partial charge in [-0.05, 0) is 40.5 Å². The number of imidazole rings is 1. The van der Waals surface area contributed by atoms with Gasteiger partial charge in [0.25, 0.3) is 0 Å². The van der Waals surface area contributed by atoms with E-state index >= 15 is 0 Å². The normalized spacial score (nSPS) is 13.4. The molecule has 0 atom stereocenters. The molecule has 424 valence electrons. The van der Waals surface area contributed by atoms with Crippen molar-refractivity contribution in [2.24, 2.45) is 0 Å². The Morgan fingerprint density at radius 3 is 1.67 bits per heavy atom. The van der Waals surface area contributed by atoms with E-state index in [1.807, 2.05) is 30.5 Å². The quantitative estimate of drug-likeness (QED) is 0.149. The third-order valence-electron chi connectivity index (χ3n) is 17.7. The molecule has 0 amide bonds. The topological polar surface area (TPSA) is 46.1 Å². The monoisotopic (exact) mass is 1300 g/mol. The van der Waals surface area contributed by atoms with Gasteiger partial charge in [-0.3, -0.25) is 0 Å². The number of ether oxygens (including phenoxy) is 2. The first-order valence-corrected chi connectivity index (χ1v) is 30.8. The Labute approximate surface area is 514 Å². The van der Waals surface area contributed by atoms with Crippen molar-refractivity contribution in [2.75, 3.05) is 0 Å². The zero-order valence-electron chi connectivity index (χ0n) is 49.8. The summed E-state index contributed by atoms with van der Waals surface area (Å²) in [6.07, 6.45) is 1.86. The summed E-state index contributed by atoms with van der Waals surface area (Å²) in [5, 5.41) is 2.15. The molecular formula is C79H64N4O2Pt-2. The summed E-state index contributed by atoms with van der Waals surface area (Å²) >= 11 is 2.54. The molecule has 3 aromatic heterocycles. The summed E-state index contributed by atoms with van der Waals surface area (Å²) in [4.78, 5) is 5.00. The Morgan fingerprint density at radius 1 is 0.430 bits per heavy atom. The number of hydrogen-bond donors (Lipinski definition) is 0. The first kappa shape index (κ1) is 53.6. The SMILES string of the molecule is CC(C)(C)c1cc(-c2cc(C(C)(C)C)cc(-c3ccccc3)c2-n2[c](=[Pt])n(-c3[c-]c(Oc4[c-]c5c(cc4)c4cc6c(cc4n5-c4ccccn4)C4(c5ccccc5Oc5ccccc54)c4ccccc4-6)ccc3)c3ccccc32)cc(C(C)(C)C)c1. The molecule has 1 aliphatic carbocycles. The minimum atomic E-state index is -0.629. The summed E-state index contributed by atoms with van der Waals surface area (Å²) in [5.74, 6) is 3.65. The van der Waals surface area contributed by atoms with Gasteiger partial charge in [0.2, 0.25) is 0 Å². The number of pyridine rings is 1. The van der Waals surface area contributed by atoms with Crippen molar-refractivity contribution in [1.82, 2.24) is 18.7 Å². The molecular weight excluding hydrogens is 1230 g/mol. The van der Waals surface area contributed by atoms with Crippen molar-refractivity contribution < 1.29 is 28.8 Å². The Bertz CT molecular complexity index is 4890. The third-order valence-corrected chi connectivity index (χ3v) is 18.7. The fraction of sp³-hybridized carbons (Fsp3) is 0.165. The van der Waals surface area contributed by atoms with Crippen molar-refractivity contribution >= 4 is 32.8 Å². The number of nitrogens with zero attached hydrogens (tertiary/aromatic N) is 4. The Kier molecular flexibility index (Phi) is 12.3. The van der Waals surface area contributed by atoms with Gasteiger partial charge in [-0.1, -0.05) is 66.7 Å². The van der Waals surface area contributed by atoms with Crippen molar-refractivity contribution in [1.29, 1.82) is 0 Å². The predicted octanol–water partition coefficient (Wildman–Crippen LogP) is 20.1. The molecule has 0 fully saturated rings. The molecule has 15 rings (SSSR count). The number of fused-ring (bicyclic) bond motifs is 13. The molecule has 0 saturated heterocycles. The summed E-state index contributed by atoms with van der Waals surface area (Å²) in [6.45, 7) is 20.9. The fourth-order valence-electron chi connectivity index (χ4n) is 13.4. The standard InChI is InChI=1S/C79H64N4O2.Pt/c1-76(2,3)52-40-51(41-53(42-52)77(4,5)6)61-44-54(78(7,8)9)43-60(50-24-11-10-12-25-50)75(61)82-49-81(68-32-17-18-33-69(68)82)55-26-23-27-56(45-55)84-57-37-38-59-63-47-62-58-28-13-14-29-64(58)79(65-30-15-19-34-72(65)85-73-35-20-16-31-66(73)79)67(62)48-71(63)83(70(59)46-57)74-36-21-22-39-80-74;/h10-44,47-48H,1-9H3;/q-2;. The van der Waals surface area contributed by atoms with Gasteiger partial charge < -0.3 is 4.74 Å². The molecule has 13 aromatic rings. The number of benzene rings is 10. The Morgan fingerprint density at radius 2 is 1.01 bits per heavy atom. The van der Waals surface area contributed by atoms with Gasteiger partial charge in [-0.15, -0.1) is 0 Å². The zero-order valence-corrected chi connectivity index (χ0v) is 52.1. The van der Waals surface area contributed by atoms with E-state index in [2.05, 4.69) is 302 Å². The first-order chi connectivity index (χ1) is 41.4. The van der Waals surface area contributed by atoms with E-state index in [1.54, 1.807) is 0 Å². The average molecular weight is 1300 g/mol. The Hall–Kier alpha value is -9.09. The van der Waals surface area contributed by atoms with Gasteiger partial charge in [0, 0.05) is 17.3 Å². The number of hydrogen-bond acceptors (Lipinski definition) is 3. The van der Waals surface area contributed by atoms with E-state index in [0.717, 1.165) is 82.0 Å². The van der Waals surface area contributed by atoms with Crippen LogP contribution in [0.25, 0.3) is 83.4 Å². The van der Waals surface area contributed by atoms with Gasteiger partial charge in [0.1, 0.15) is 11.5 Å². The molecule has 86 heavy (non-hydrogen) atoms. The average Bonchev–Trinajstić information content (AvgIpc) is 1.51. The van der Waals surface area contributed by atoms with Gasteiger partial charge in [0.05, 0.1) is 5.41 Å². The maximum absolute atomic E-state index is 6.97. The maximum atomic E-state index is 6.97. The van der Waals surface area contributed by atoms with Crippen LogP contribution in [0.5, 0.6) is 23.0 Å². The second kappa shape index (κ2) is 19.7. The van der Waals surface area contributed by atoms with Gasteiger partial charge in [-0.25, -0.2) is 0 Å². The predicted molar refractivity (Wildman–Crippen MR) is 347 cm³/mol. The van der Waals surface area contributed by atoms with Crippen molar-refractivity contribution in [2.45, 2.75) is 84.0 Å². The second-order valence-corrected chi connectivity index (χ2v) is 27.2. The molecule has 0 radical (unpaired) electrons. The van der Waals surface area contributed by atoms with Gasteiger partial charge in [0.15, 0.2) is 0 Å². The summed E-state index contributed by atoms with van der Waals surface area (Å²) in [7, 11) is 0. The molecule has 1 spiro atoms. The third kappa shape index (κ3) is 8.46. The summed E-state index contributed by atoms with van der Waals surface area (Å²) in [6, 6.07) is 86.5. The summed E-state index contributed by atoms with van der Waals surface area (Å²) in [5.41, 5.74) is 20.8. The van der Waals surface area contributed by atoms with Crippen LogP contribution in [0.1, 0.15) is 101 Å². The zero-order chi connectivity index (χ0) is 59.0. The fourth-order valence-corrected chi connectivity index (χ4v) is 14.4. The Balaban J connectivity index is 0.900. The van der Waals surface area contributed by atoms with Crippen LogP contribution >= 0.6 is 0 Å². The number of aromatic nitrogens is 4. The molecule has 7 heteroatoms. The van der Waals surface area contributed by atoms with E-state index in [0.29, 0.717) is 11.5 Å². The molecule has 2 aliphatic rings. The van der Waals surface area contributed by atoms with E-state index in [-0.39, 0.29) is 16.2 Å². The van der Waals surface area contributed by atoms with Crippen LogP contribution in [0.3, 0.4) is 0 Å². The molecule has 6 nitrogen and oxygen atoms in total. The molecule has 4 heterocycles. The molecule has 0 bridgehead atoms. The molecule has 10 aromatic carbocycles. The summed E-state index contributed by atoms with van der Waals surface area (Å²) < 4.78 is 21.7. The molecule has 0 unspecified atom stereocenters. The molecule has 0 N–H and O–H groups in total. The van der Waals surface area contributed by atoms with E-state index in [4.69, 9.17) is 14.5 Å². The van der Waals surface area contributed by atoms with Crippen molar-refractivity contribution in [3.63, 3.8) is 0 Å². The van der Waals surface area contributed by atoms with E-state index < -0.39 is 5.41 Å². The van der Waals surface area contributed by atoms with E-state index in [1.165, 1.54) is 55.6 Å². The van der Waals surface area contributed by atoms with Crippen LogP contribution in [0.2, 0.25) is 0 Å². The van der Waals surface area contributed by atoms with Crippen LogP contribution in [0.15, 0.2) is 225 Å². The first-order valence-electron chi connectivity index (χ1n) is 29.7. The van der Waals surface area contributed by atoms with Crippen LogP contribution in [0.4, 0.5) is 0 Å². The second-order valence-electron chi connectivity index (χ2n) is 26.2. The minimum absolute atomic E-state index is 0.0773. The molecule has 0 saturated carbocycles. The van der Waals surface area contributed by atoms with Crippen LogP contribution in [0, 0.1) is 15.9 Å². The van der Waals surface area contributed by atoms with Crippen LogP contribution < -0.4 is 9.47 Å². The van der Waals surface area contributed by atoms with Gasteiger partial charge in [-0.2, -0.15) is 0 Å². The van der Waals surface area contributed by atoms with Crippen LogP contribution in [-0.2, 0) is 41.0 Å². The van der Waals surface area contributed by atoms with Gasteiger partial charge >= 0.3 is 371 Å². The van der Waals surface area contributed by atoms with Crippen LogP contribution in [-0.4, -0.2) is 18.7 Å². The molecule has 1 aliphatic heterocycles.